The molecular formula is C14H19Cl2F3N2. The van der Waals surface area contributed by atoms with Crippen LogP contribution >= 0.6 is 24.8 Å². The van der Waals surface area contributed by atoms with Crippen LogP contribution < -0.4 is 5.32 Å². The van der Waals surface area contributed by atoms with Gasteiger partial charge in [0.2, 0.25) is 0 Å². The first-order valence-electron chi connectivity index (χ1n) is 6.76. The molecule has 1 saturated heterocycles. The van der Waals surface area contributed by atoms with Gasteiger partial charge in [-0.2, -0.15) is 0 Å². The van der Waals surface area contributed by atoms with Crippen molar-refractivity contribution >= 4 is 24.8 Å². The Labute approximate surface area is 134 Å². The molecule has 0 spiro atoms. The Balaban J connectivity index is 0.00000110. The maximum atomic E-state index is 14.0. The lowest BCUT2D eigenvalue weighted by molar-refractivity contribution is 0.149. The molecule has 1 heterocycles. The van der Waals surface area contributed by atoms with Crippen molar-refractivity contribution in [3.05, 3.63) is 35.1 Å². The molecule has 7 heteroatoms. The third-order valence-corrected chi connectivity index (χ3v) is 3.95. The predicted molar refractivity (Wildman–Crippen MR) is 80.7 cm³/mol. The number of nitrogens with zero attached hydrogens (tertiary/aromatic N) is 1. The first kappa shape index (κ1) is 18.6. The summed E-state index contributed by atoms with van der Waals surface area (Å²) in [6.45, 7) is 3.20. The molecule has 2 nitrogen and oxygen atoms in total. The zero-order chi connectivity index (χ0) is 13.4. The molecule has 0 aromatic heterocycles. The highest BCUT2D eigenvalue weighted by molar-refractivity contribution is 5.85. The van der Waals surface area contributed by atoms with Gasteiger partial charge in [-0.05, 0) is 18.8 Å². The fourth-order valence-corrected chi connectivity index (χ4v) is 2.92. The van der Waals surface area contributed by atoms with E-state index in [2.05, 4.69) is 10.2 Å². The Morgan fingerprint density at radius 2 is 1.52 bits per heavy atom. The standard InChI is InChI=1S/C14H17F3N2.2ClH/c15-10-7-11(16)13(12(17)8-10)14(9-1-2-9)19-5-3-18-4-6-19;;/h7-9,14,18H,1-6H2;2*1H/t14-;;/m0../s1. The predicted octanol–water partition coefficient (Wildman–Crippen LogP) is 3.30. The largest absolute Gasteiger partial charge is 0.314 e. The summed E-state index contributed by atoms with van der Waals surface area (Å²) in [5, 5.41) is 3.23. The molecule has 21 heavy (non-hydrogen) atoms. The van der Waals surface area contributed by atoms with Crippen molar-refractivity contribution < 1.29 is 13.2 Å². The van der Waals surface area contributed by atoms with Gasteiger partial charge in [-0.3, -0.25) is 4.90 Å². The van der Waals surface area contributed by atoms with Crippen LogP contribution in [-0.2, 0) is 0 Å². The average molecular weight is 343 g/mol. The van der Waals surface area contributed by atoms with Crippen LogP contribution in [0, 0.1) is 23.4 Å². The van der Waals surface area contributed by atoms with E-state index in [1.54, 1.807) is 0 Å². The van der Waals surface area contributed by atoms with Gasteiger partial charge in [0.25, 0.3) is 0 Å². The Hall–Kier alpha value is -0.490. The number of nitrogens with one attached hydrogen (secondary N) is 1. The van der Waals surface area contributed by atoms with Crippen LogP contribution in [0.3, 0.4) is 0 Å². The second kappa shape index (κ2) is 7.68. The monoisotopic (exact) mass is 342 g/mol. The van der Waals surface area contributed by atoms with Crippen LogP contribution in [0.1, 0.15) is 24.4 Å². The molecule has 1 aliphatic heterocycles. The summed E-state index contributed by atoms with van der Waals surface area (Å²) in [6.07, 6.45) is 1.98. The van der Waals surface area contributed by atoms with Crippen molar-refractivity contribution in [2.24, 2.45) is 5.92 Å². The Morgan fingerprint density at radius 1 is 1.00 bits per heavy atom. The number of hydrogen-bond acceptors (Lipinski definition) is 2. The van der Waals surface area contributed by atoms with E-state index in [0.29, 0.717) is 5.92 Å². The zero-order valence-corrected chi connectivity index (χ0v) is 13.1. The van der Waals surface area contributed by atoms with Gasteiger partial charge in [0, 0.05) is 49.9 Å². The summed E-state index contributed by atoms with van der Waals surface area (Å²) in [6, 6.07) is 1.33. The average Bonchev–Trinajstić information content (AvgIpc) is 3.18. The van der Waals surface area contributed by atoms with Crippen molar-refractivity contribution in [2.75, 3.05) is 26.2 Å². The number of hydrogen-bond donors (Lipinski definition) is 1. The van der Waals surface area contributed by atoms with E-state index in [9.17, 15) is 13.2 Å². The fourth-order valence-electron chi connectivity index (χ4n) is 2.92. The molecule has 1 N–H and O–H groups in total. The van der Waals surface area contributed by atoms with Crippen LogP contribution in [0.25, 0.3) is 0 Å². The van der Waals surface area contributed by atoms with E-state index in [-0.39, 0.29) is 36.4 Å². The highest BCUT2D eigenvalue weighted by atomic mass is 35.5. The molecule has 1 atom stereocenters. The van der Waals surface area contributed by atoms with Crippen LogP contribution in [0.2, 0.25) is 0 Å². The third kappa shape index (κ3) is 4.03. The summed E-state index contributed by atoms with van der Waals surface area (Å²) < 4.78 is 41.0. The Kier molecular flexibility index (Phi) is 6.78. The molecule has 120 valence electrons. The lowest BCUT2D eigenvalue weighted by atomic mass is 9.98. The van der Waals surface area contributed by atoms with Crippen LogP contribution in [0.4, 0.5) is 13.2 Å². The van der Waals surface area contributed by atoms with E-state index in [1.807, 2.05) is 0 Å². The Bertz CT molecular complexity index is 454. The minimum Gasteiger partial charge on any atom is -0.314 e. The van der Waals surface area contributed by atoms with Crippen molar-refractivity contribution in [1.82, 2.24) is 10.2 Å². The van der Waals surface area contributed by atoms with E-state index in [1.165, 1.54) is 0 Å². The van der Waals surface area contributed by atoms with Crippen LogP contribution in [0.15, 0.2) is 12.1 Å². The molecular weight excluding hydrogens is 324 g/mol. The first-order valence-corrected chi connectivity index (χ1v) is 6.76. The second-order valence-corrected chi connectivity index (χ2v) is 5.35. The molecule has 1 aliphatic carbocycles. The number of piperazine rings is 1. The fraction of sp³-hybridized carbons (Fsp3) is 0.571. The SMILES string of the molecule is Cl.Cl.Fc1cc(F)c([C@H](C2CC2)N2CCNCC2)c(F)c1. The molecule has 1 aromatic carbocycles. The minimum absolute atomic E-state index is 0. The lowest BCUT2D eigenvalue weighted by Crippen LogP contribution is -2.46. The quantitative estimate of drug-likeness (QED) is 0.906. The summed E-state index contributed by atoms with van der Waals surface area (Å²) in [4.78, 5) is 2.12. The second-order valence-electron chi connectivity index (χ2n) is 5.35. The van der Waals surface area contributed by atoms with Gasteiger partial charge in [-0.15, -0.1) is 24.8 Å². The summed E-state index contributed by atoms with van der Waals surface area (Å²) in [5.41, 5.74) is 0.0470. The molecule has 1 aromatic rings. The van der Waals surface area contributed by atoms with E-state index < -0.39 is 17.5 Å². The number of halogens is 5. The molecule has 3 rings (SSSR count). The minimum atomic E-state index is -0.853. The highest BCUT2D eigenvalue weighted by Crippen LogP contribution is 2.46. The van der Waals surface area contributed by atoms with Gasteiger partial charge in [-0.1, -0.05) is 0 Å². The summed E-state index contributed by atoms with van der Waals surface area (Å²) in [5.74, 6) is -2.07. The normalized spacial score (nSPS) is 20.3. The topological polar surface area (TPSA) is 15.3 Å². The third-order valence-electron chi connectivity index (χ3n) is 3.95. The van der Waals surface area contributed by atoms with E-state index >= 15 is 0 Å². The molecule has 0 unspecified atom stereocenters. The maximum absolute atomic E-state index is 14.0. The highest BCUT2D eigenvalue weighted by Gasteiger charge is 2.39. The van der Waals surface area contributed by atoms with Gasteiger partial charge in [0.05, 0.1) is 0 Å². The summed E-state index contributed by atoms with van der Waals surface area (Å²) >= 11 is 0. The maximum Gasteiger partial charge on any atom is 0.133 e. The summed E-state index contributed by atoms with van der Waals surface area (Å²) in [7, 11) is 0. The van der Waals surface area contributed by atoms with E-state index in [0.717, 1.165) is 51.2 Å². The molecule has 2 fully saturated rings. The van der Waals surface area contributed by atoms with Crippen LogP contribution in [0.5, 0.6) is 0 Å². The van der Waals surface area contributed by atoms with Crippen molar-refractivity contribution in [2.45, 2.75) is 18.9 Å². The van der Waals surface area contributed by atoms with Crippen LogP contribution in [-0.4, -0.2) is 31.1 Å². The molecule has 0 amide bonds. The molecule has 0 bridgehead atoms. The van der Waals surface area contributed by atoms with Gasteiger partial charge in [0.1, 0.15) is 17.5 Å². The lowest BCUT2D eigenvalue weighted by Gasteiger charge is -2.35. The first-order chi connectivity index (χ1) is 9.16. The van der Waals surface area contributed by atoms with Crippen molar-refractivity contribution in [3.8, 4) is 0 Å². The van der Waals surface area contributed by atoms with Gasteiger partial charge in [0.15, 0.2) is 0 Å². The van der Waals surface area contributed by atoms with Crippen molar-refractivity contribution in [1.29, 1.82) is 0 Å². The number of benzene rings is 1. The van der Waals surface area contributed by atoms with Gasteiger partial charge in [-0.25, -0.2) is 13.2 Å². The Morgan fingerprint density at radius 3 is 2.00 bits per heavy atom. The molecule has 0 radical (unpaired) electrons. The van der Waals surface area contributed by atoms with Gasteiger partial charge >= 0.3 is 0 Å². The van der Waals surface area contributed by atoms with Crippen molar-refractivity contribution in [3.63, 3.8) is 0 Å². The molecule has 2 aliphatic rings. The van der Waals surface area contributed by atoms with E-state index in [4.69, 9.17) is 0 Å². The smallest absolute Gasteiger partial charge is 0.133 e. The van der Waals surface area contributed by atoms with Gasteiger partial charge < -0.3 is 5.32 Å². The number of rotatable bonds is 3. The zero-order valence-electron chi connectivity index (χ0n) is 11.4. The molecule has 1 saturated carbocycles.